The van der Waals surface area contributed by atoms with E-state index in [0.717, 1.165) is 24.8 Å². The third kappa shape index (κ3) is 4.70. The van der Waals surface area contributed by atoms with Gasteiger partial charge in [-0.15, -0.1) is 11.3 Å². The molecule has 2 aromatic heterocycles. The second kappa shape index (κ2) is 9.33. The molecule has 1 aliphatic heterocycles. The van der Waals surface area contributed by atoms with Crippen molar-refractivity contribution >= 4 is 39.0 Å². The van der Waals surface area contributed by atoms with Crippen LogP contribution in [0.25, 0.3) is 10.2 Å². The van der Waals surface area contributed by atoms with Crippen LogP contribution in [0.1, 0.15) is 48.3 Å². The SMILES string of the molecule is COC(=O)c1sc2ncnc(Nc3ccc(F)cc3OCC3CCC[C@H]4OC(C)(C)O[C@@H]34)c2c1C. The number of hydrogen-bond acceptors (Lipinski definition) is 9. The number of methoxy groups -OCH3 is 1. The average molecular weight is 502 g/mol. The minimum absolute atomic E-state index is 0.0459. The Kier molecular flexibility index (Phi) is 6.37. The largest absolute Gasteiger partial charge is 0.491 e. The summed E-state index contributed by atoms with van der Waals surface area (Å²) in [5, 5.41) is 3.97. The summed E-state index contributed by atoms with van der Waals surface area (Å²) in [6, 6.07) is 4.34. The molecule has 0 radical (unpaired) electrons. The number of nitrogens with zero attached hydrogens (tertiary/aromatic N) is 2. The Morgan fingerprint density at radius 1 is 1.29 bits per heavy atom. The van der Waals surface area contributed by atoms with Gasteiger partial charge in [0.15, 0.2) is 5.79 Å². The van der Waals surface area contributed by atoms with Gasteiger partial charge in [-0.3, -0.25) is 0 Å². The monoisotopic (exact) mass is 501 g/mol. The highest BCUT2D eigenvalue weighted by Gasteiger charge is 2.47. The molecule has 35 heavy (non-hydrogen) atoms. The van der Waals surface area contributed by atoms with E-state index in [1.807, 2.05) is 20.8 Å². The van der Waals surface area contributed by atoms with Gasteiger partial charge in [-0.05, 0) is 51.3 Å². The van der Waals surface area contributed by atoms with E-state index in [1.165, 1.54) is 36.9 Å². The van der Waals surface area contributed by atoms with Crippen molar-refractivity contribution in [3.63, 3.8) is 0 Å². The van der Waals surface area contributed by atoms with Gasteiger partial charge in [-0.1, -0.05) is 6.42 Å². The van der Waals surface area contributed by atoms with Gasteiger partial charge in [0.05, 0.1) is 37.0 Å². The fraction of sp³-hybridized carbons (Fsp3) is 0.480. The summed E-state index contributed by atoms with van der Waals surface area (Å²) in [6.07, 6.45) is 4.38. The Morgan fingerprint density at radius 2 is 2.11 bits per heavy atom. The van der Waals surface area contributed by atoms with Crippen LogP contribution in [0.5, 0.6) is 5.75 Å². The van der Waals surface area contributed by atoms with Crippen molar-refractivity contribution in [1.29, 1.82) is 0 Å². The predicted octanol–water partition coefficient (Wildman–Crippen LogP) is 5.37. The van der Waals surface area contributed by atoms with Crippen molar-refractivity contribution in [2.24, 2.45) is 5.92 Å². The van der Waals surface area contributed by atoms with Crippen LogP contribution in [0.2, 0.25) is 0 Å². The van der Waals surface area contributed by atoms with Crippen LogP contribution in [-0.4, -0.2) is 47.6 Å². The van der Waals surface area contributed by atoms with Gasteiger partial charge in [0.25, 0.3) is 0 Å². The van der Waals surface area contributed by atoms with Crippen LogP contribution in [0, 0.1) is 18.7 Å². The molecule has 3 aromatic rings. The van der Waals surface area contributed by atoms with Crippen molar-refractivity contribution in [2.45, 2.75) is 58.0 Å². The third-order valence-corrected chi connectivity index (χ3v) is 7.68. The van der Waals surface area contributed by atoms with Crippen molar-refractivity contribution in [3.8, 4) is 5.75 Å². The van der Waals surface area contributed by atoms with Crippen LogP contribution in [-0.2, 0) is 14.2 Å². The fourth-order valence-corrected chi connectivity index (χ4v) is 5.97. The lowest BCUT2D eigenvalue weighted by Crippen LogP contribution is -2.38. The van der Waals surface area contributed by atoms with Crippen LogP contribution in [0.4, 0.5) is 15.9 Å². The van der Waals surface area contributed by atoms with E-state index in [-0.39, 0.29) is 18.1 Å². The number of rotatable bonds is 6. The molecule has 3 heterocycles. The number of carbonyl (C=O) groups excluding carboxylic acids is 1. The number of thiophene rings is 1. The maximum atomic E-state index is 14.2. The van der Waals surface area contributed by atoms with Gasteiger partial charge in [0, 0.05) is 12.0 Å². The standard InChI is InChI=1S/C25H28FN3O5S/c1-13-19-22(27-12-28-23(19)35-21(13)24(30)31-4)29-16-9-8-15(26)10-18(16)32-11-14-6-5-7-17-20(14)34-25(2,3)33-17/h8-10,12,14,17,20H,5-7,11H2,1-4H3,(H,27,28,29)/t14?,17-,20+/m1/s1. The third-order valence-electron chi connectivity index (χ3n) is 6.50. The van der Waals surface area contributed by atoms with Crippen molar-refractivity contribution in [2.75, 3.05) is 19.0 Å². The lowest BCUT2D eigenvalue weighted by atomic mass is 9.85. The molecule has 1 saturated carbocycles. The first-order chi connectivity index (χ1) is 16.8. The number of aryl methyl sites for hydroxylation is 1. The molecule has 0 spiro atoms. The Labute approximate surface area is 206 Å². The molecule has 0 bridgehead atoms. The van der Waals surface area contributed by atoms with Gasteiger partial charge in [0.2, 0.25) is 0 Å². The predicted molar refractivity (Wildman–Crippen MR) is 130 cm³/mol. The summed E-state index contributed by atoms with van der Waals surface area (Å²) in [6.45, 7) is 6.06. The number of benzene rings is 1. The Hall–Kier alpha value is -2.82. The Balaban J connectivity index is 1.40. The Morgan fingerprint density at radius 3 is 2.91 bits per heavy atom. The number of fused-ring (bicyclic) bond motifs is 2. The van der Waals surface area contributed by atoms with E-state index in [1.54, 1.807) is 6.07 Å². The molecule has 1 aliphatic carbocycles. The molecule has 5 rings (SSSR count). The number of carbonyl (C=O) groups is 1. The van der Waals surface area contributed by atoms with Crippen molar-refractivity contribution in [1.82, 2.24) is 9.97 Å². The molecule has 0 amide bonds. The zero-order valence-electron chi connectivity index (χ0n) is 20.1. The highest BCUT2D eigenvalue weighted by atomic mass is 32.1. The molecule has 186 valence electrons. The van der Waals surface area contributed by atoms with Gasteiger partial charge < -0.3 is 24.3 Å². The average Bonchev–Trinajstić information content (AvgIpc) is 3.34. The summed E-state index contributed by atoms with van der Waals surface area (Å²) < 4.78 is 37.4. The van der Waals surface area contributed by atoms with Crippen LogP contribution in [0.3, 0.4) is 0 Å². The van der Waals surface area contributed by atoms with E-state index in [4.69, 9.17) is 18.9 Å². The lowest BCUT2D eigenvalue weighted by Gasteiger charge is -2.31. The summed E-state index contributed by atoms with van der Waals surface area (Å²) in [5.74, 6) is -0.418. The van der Waals surface area contributed by atoms with E-state index in [2.05, 4.69) is 15.3 Å². The first kappa shape index (κ1) is 23.9. The number of halogens is 1. The van der Waals surface area contributed by atoms with Gasteiger partial charge >= 0.3 is 5.97 Å². The van der Waals surface area contributed by atoms with Gasteiger partial charge in [-0.2, -0.15) is 0 Å². The highest BCUT2D eigenvalue weighted by molar-refractivity contribution is 7.20. The zero-order valence-corrected chi connectivity index (χ0v) is 20.9. The fourth-order valence-electron chi connectivity index (χ4n) is 4.91. The molecular formula is C25H28FN3O5S. The molecule has 3 atom stereocenters. The first-order valence-electron chi connectivity index (χ1n) is 11.6. The van der Waals surface area contributed by atoms with E-state index >= 15 is 0 Å². The van der Waals surface area contributed by atoms with E-state index in [9.17, 15) is 9.18 Å². The maximum Gasteiger partial charge on any atom is 0.348 e. The van der Waals surface area contributed by atoms with Crippen molar-refractivity contribution < 1.29 is 28.1 Å². The summed E-state index contributed by atoms with van der Waals surface area (Å²) in [5.41, 5.74) is 1.28. The quantitative estimate of drug-likeness (QED) is 0.451. The molecule has 2 fully saturated rings. The Bertz CT molecular complexity index is 1260. The number of hydrogen-bond donors (Lipinski definition) is 1. The van der Waals surface area contributed by atoms with E-state index in [0.29, 0.717) is 39.0 Å². The maximum absolute atomic E-state index is 14.2. The van der Waals surface area contributed by atoms with Crippen LogP contribution < -0.4 is 10.1 Å². The lowest BCUT2D eigenvalue weighted by molar-refractivity contribution is -0.149. The molecule has 2 aliphatic rings. The number of esters is 1. The normalized spacial score (nSPS) is 23.2. The summed E-state index contributed by atoms with van der Waals surface area (Å²) in [7, 11) is 1.34. The van der Waals surface area contributed by atoms with Gasteiger partial charge in [0.1, 0.15) is 33.4 Å². The minimum Gasteiger partial charge on any atom is -0.491 e. The molecule has 1 saturated heterocycles. The summed E-state index contributed by atoms with van der Waals surface area (Å²) >= 11 is 1.24. The summed E-state index contributed by atoms with van der Waals surface area (Å²) in [4.78, 5) is 22.0. The highest BCUT2D eigenvalue weighted by Crippen LogP contribution is 2.41. The molecule has 1 aromatic carbocycles. The smallest absolute Gasteiger partial charge is 0.348 e. The van der Waals surface area contributed by atoms with Crippen LogP contribution in [0.15, 0.2) is 24.5 Å². The molecule has 1 N–H and O–H groups in total. The number of nitrogens with one attached hydrogen (secondary N) is 1. The number of aromatic nitrogens is 2. The minimum atomic E-state index is -0.608. The molecule has 8 nitrogen and oxygen atoms in total. The molecular weight excluding hydrogens is 473 g/mol. The molecule has 10 heteroatoms. The molecule has 1 unspecified atom stereocenters. The zero-order chi connectivity index (χ0) is 24.7. The first-order valence-corrected chi connectivity index (χ1v) is 12.4. The van der Waals surface area contributed by atoms with Crippen LogP contribution >= 0.6 is 11.3 Å². The van der Waals surface area contributed by atoms with E-state index < -0.39 is 17.6 Å². The van der Waals surface area contributed by atoms with Gasteiger partial charge in [-0.25, -0.2) is 19.2 Å². The second-order valence-corrected chi connectivity index (χ2v) is 10.4. The topological polar surface area (TPSA) is 91.8 Å². The second-order valence-electron chi connectivity index (χ2n) is 9.36. The number of anilines is 2. The van der Waals surface area contributed by atoms with Crippen molar-refractivity contribution in [3.05, 3.63) is 40.8 Å². The number of ether oxygens (including phenoxy) is 4.